The minimum absolute atomic E-state index is 0. The van der Waals surface area contributed by atoms with Crippen LogP contribution in [0.15, 0.2) is 139 Å². The lowest BCUT2D eigenvalue weighted by atomic mass is 9.96. The van der Waals surface area contributed by atoms with Gasteiger partial charge in [0.25, 0.3) is 0 Å². The zero-order valence-electron chi connectivity index (χ0n) is 39.7. The summed E-state index contributed by atoms with van der Waals surface area (Å²) in [5.74, 6) is 3.25. The fraction of sp³-hybridized carbons (Fsp3) is 0.286. The van der Waals surface area contributed by atoms with Gasteiger partial charge in [0.1, 0.15) is 23.0 Å². The molecule has 0 saturated heterocycles. The van der Waals surface area contributed by atoms with Crippen LogP contribution in [0.3, 0.4) is 0 Å². The standard InChI is InChI=1S/C27H26N6.C22H17N5O2S.C6H13N.CH4/c1-18-11-13-22-24(17-18)33(25-15-16-28-27(32-25)29-20-8-3-2-4-9-20)26(31-22)23-14-12-19-7-5-6-10-21(19)30-23;1-14-7-9-17-19(13-14)27(20-11-12-23-22(26-20)30(2,28)29)21(25-17)18-10-8-15-5-3-4-6-16(15)24-18;7-6-4-2-1-3-5-6;/h5-7,10-17,20H,2-4,8-9H2,1H3,(H,28,29,32);3-13H,1-2H3;6H,1-5,7H2;1H4. The Hall–Kier alpha value is -7.49. The molecule has 12 rings (SSSR count). The average molecular weight is 965 g/mol. The van der Waals surface area contributed by atoms with Gasteiger partial charge in [-0.2, -0.15) is 4.98 Å². The van der Waals surface area contributed by atoms with Crippen molar-refractivity contribution in [2.24, 2.45) is 5.73 Å². The molecule has 0 bridgehead atoms. The molecular formula is C56H60N12O2S. The van der Waals surface area contributed by atoms with Crippen LogP contribution in [0.25, 0.3) is 78.5 Å². The fourth-order valence-corrected chi connectivity index (χ4v) is 9.81. The van der Waals surface area contributed by atoms with E-state index < -0.39 is 9.84 Å². The summed E-state index contributed by atoms with van der Waals surface area (Å²) in [7, 11) is -3.56. The lowest BCUT2D eigenvalue weighted by Gasteiger charge is -2.22. The highest BCUT2D eigenvalue weighted by atomic mass is 32.2. The van der Waals surface area contributed by atoms with E-state index in [0.29, 0.717) is 35.4 Å². The van der Waals surface area contributed by atoms with Crippen LogP contribution >= 0.6 is 0 Å². The second-order valence-corrected chi connectivity index (χ2v) is 20.3. The minimum atomic E-state index is -3.56. The molecule has 15 heteroatoms. The van der Waals surface area contributed by atoms with E-state index in [0.717, 1.165) is 73.0 Å². The van der Waals surface area contributed by atoms with Crippen LogP contribution in [-0.2, 0) is 9.84 Å². The molecule has 2 aliphatic carbocycles. The number of rotatable bonds is 7. The lowest BCUT2D eigenvalue weighted by molar-refractivity contribution is 0.441. The molecule has 0 spiro atoms. The van der Waals surface area contributed by atoms with Crippen LogP contribution in [0.2, 0.25) is 0 Å². The highest BCUT2D eigenvalue weighted by Gasteiger charge is 2.21. The van der Waals surface area contributed by atoms with Gasteiger partial charge < -0.3 is 11.1 Å². The molecule has 14 nitrogen and oxygen atoms in total. The average Bonchev–Trinajstić information content (AvgIpc) is 3.95. The first-order chi connectivity index (χ1) is 34.0. The van der Waals surface area contributed by atoms with Crippen molar-refractivity contribution in [3.63, 3.8) is 0 Å². The molecule has 0 atom stereocenters. The van der Waals surface area contributed by atoms with E-state index in [1.165, 1.54) is 76.0 Å². The van der Waals surface area contributed by atoms with Crippen molar-refractivity contribution >= 4 is 59.7 Å². The maximum absolute atomic E-state index is 12.0. The first-order valence-corrected chi connectivity index (χ1v) is 26.0. The third-order valence-corrected chi connectivity index (χ3v) is 13.8. The highest BCUT2D eigenvalue weighted by molar-refractivity contribution is 7.90. The van der Waals surface area contributed by atoms with Crippen molar-refractivity contribution in [2.75, 3.05) is 11.6 Å². The van der Waals surface area contributed by atoms with Crippen molar-refractivity contribution < 1.29 is 8.42 Å². The topological polar surface area (TPSA) is 185 Å². The molecule has 71 heavy (non-hydrogen) atoms. The predicted octanol–water partition coefficient (Wildman–Crippen LogP) is 11.7. The molecule has 2 aliphatic rings. The molecule has 6 heterocycles. The Morgan fingerprint density at radius 2 is 1.03 bits per heavy atom. The molecule has 2 fully saturated rings. The Morgan fingerprint density at radius 1 is 0.535 bits per heavy atom. The van der Waals surface area contributed by atoms with Gasteiger partial charge in [0.15, 0.2) is 11.6 Å². The predicted molar refractivity (Wildman–Crippen MR) is 286 cm³/mol. The number of hydrogen-bond donors (Lipinski definition) is 2. The van der Waals surface area contributed by atoms with Crippen molar-refractivity contribution in [1.29, 1.82) is 0 Å². The number of sulfone groups is 1. The van der Waals surface area contributed by atoms with Gasteiger partial charge in [-0.3, -0.25) is 9.13 Å². The first-order valence-electron chi connectivity index (χ1n) is 24.1. The van der Waals surface area contributed by atoms with E-state index in [1.54, 1.807) is 6.07 Å². The van der Waals surface area contributed by atoms with Gasteiger partial charge in [0.2, 0.25) is 20.9 Å². The summed E-state index contributed by atoms with van der Waals surface area (Å²) in [5.41, 5.74) is 14.7. The number of hydrogen-bond acceptors (Lipinski definition) is 12. The van der Waals surface area contributed by atoms with E-state index in [9.17, 15) is 8.42 Å². The number of imidazole rings is 2. The second-order valence-electron chi connectivity index (χ2n) is 18.4. The summed E-state index contributed by atoms with van der Waals surface area (Å²) in [4.78, 5) is 37.1. The van der Waals surface area contributed by atoms with Crippen LogP contribution in [0.1, 0.15) is 82.8 Å². The Bertz CT molecular complexity index is 3600. The Labute approximate surface area is 414 Å². The number of para-hydroxylation sites is 2. The Kier molecular flexibility index (Phi) is 14.5. The highest BCUT2D eigenvalue weighted by Crippen LogP contribution is 2.31. The fourth-order valence-electron chi connectivity index (χ4n) is 9.30. The quantitative estimate of drug-likeness (QED) is 0.144. The first kappa shape index (κ1) is 48.5. The number of aromatic nitrogens is 10. The molecule has 0 aliphatic heterocycles. The maximum Gasteiger partial charge on any atom is 0.248 e. The van der Waals surface area contributed by atoms with Crippen LogP contribution in [0, 0.1) is 13.8 Å². The number of nitrogens with one attached hydrogen (secondary N) is 1. The number of fused-ring (bicyclic) bond motifs is 4. The van der Waals surface area contributed by atoms with E-state index in [1.807, 2.05) is 103 Å². The van der Waals surface area contributed by atoms with Crippen LogP contribution < -0.4 is 11.1 Å². The van der Waals surface area contributed by atoms with Gasteiger partial charge >= 0.3 is 0 Å². The number of aryl methyl sites for hydroxylation is 2. The Morgan fingerprint density at radius 3 is 1.54 bits per heavy atom. The van der Waals surface area contributed by atoms with E-state index in [2.05, 4.69) is 62.1 Å². The molecule has 10 aromatic rings. The molecule has 3 N–H and O–H groups in total. The van der Waals surface area contributed by atoms with Gasteiger partial charge in [0, 0.05) is 41.5 Å². The molecular weight excluding hydrogens is 905 g/mol. The summed E-state index contributed by atoms with van der Waals surface area (Å²) in [6, 6.07) is 40.9. The van der Waals surface area contributed by atoms with Crippen molar-refractivity contribution in [1.82, 2.24) is 49.0 Å². The summed E-state index contributed by atoms with van der Waals surface area (Å²) in [6.07, 6.45) is 17.2. The van der Waals surface area contributed by atoms with Crippen molar-refractivity contribution in [3.8, 4) is 34.7 Å². The summed E-state index contributed by atoms with van der Waals surface area (Å²) in [5, 5.41) is 5.47. The molecule has 0 amide bonds. The summed E-state index contributed by atoms with van der Waals surface area (Å²) in [6.45, 7) is 4.09. The zero-order valence-corrected chi connectivity index (χ0v) is 40.5. The van der Waals surface area contributed by atoms with Crippen molar-refractivity contribution in [3.05, 3.63) is 145 Å². The monoisotopic (exact) mass is 964 g/mol. The maximum atomic E-state index is 12.0. The number of benzene rings is 4. The third kappa shape index (κ3) is 11.0. The third-order valence-electron chi connectivity index (χ3n) is 12.9. The van der Waals surface area contributed by atoms with Crippen LogP contribution in [0.4, 0.5) is 5.95 Å². The molecule has 4 aromatic carbocycles. The van der Waals surface area contributed by atoms with E-state index >= 15 is 0 Å². The van der Waals surface area contributed by atoms with Gasteiger partial charge in [-0.25, -0.2) is 43.3 Å². The number of pyridine rings is 2. The number of nitrogens with zero attached hydrogens (tertiary/aromatic N) is 10. The lowest BCUT2D eigenvalue weighted by Crippen LogP contribution is -2.23. The Balaban J connectivity index is 0.000000153. The largest absolute Gasteiger partial charge is 0.351 e. The second kappa shape index (κ2) is 21.2. The molecule has 0 radical (unpaired) electrons. The van der Waals surface area contributed by atoms with E-state index in [4.69, 9.17) is 30.7 Å². The SMILES string of the molecule is C.Cc1ccc2nc(-c3ccc4ccccc4n3)n(-c3ccnc(NC4CCCCC4)n3)c2c1.Cc1ccc2nc(-c3ccc4ccccc4n3)n(-c3ccnc(S(C)(=O)=O)n3)c2c1.NC1CCCCC1. The molecule has 362 valence electrons. The number of nitrogens with two attached hydrogens (primary N) is 1. The van der Waals surface area contributed by atoms with Gasteiger partial charge in [-0.05, 0) is 111 Å². The molecule has 6 aromatic heterocycles. The molecule has 2 saturated carbocycles. The normalized spacial score (nSPS) is 14.4. The van der Waals surface area contributed by atoms with Gasteiger partial charge in [-0.15, -0.1) is 0 Å². The summed E-state index contributed by atoms with van der Waals surface area (Å²) >= 11 is 0. The van der Waals surface area contributed by atoms with E-state index in [-0.39, 0.29) is 12.6 Å². The van der Waals surface area contributed by atoms with Crippen LogP contribution in [-0.4, -0.2) is 75.8 Å². The zero-order chi connectivity index (χ0) is 48.2. The minimum Gasteiger partial charge on any atom is -0.351 e. The van der Waals surface area contributed by atoms with Crippen molar-refractivity contribution in [2.45, 2.75) is 103 Å². The van der Waals surface area contributed by atoms with Gasteiger partial charge in [0.05, 0.1) is 33.1 Å². The molecule has 0 unspecified atom stereocenters. The summed E-state index contributed by atoms with van der Waals surface area (Å²) < 4.78 is 28.0. The van der Waals surface area contributed by atoms with Crippen LogP contribution in [0.5, 0.6) is 0 Å². The van der Waals surface area contributed by atoms with Gasteiger partial charge in [-0.1, -0.05) is 107 Å². The number of anilines is 1. The smallest absolute Gasteiger partial charge is 0.248 e.